The van der Waals surface area contributed by atoms with Crippen LogP contribution in [0.2, 0.25) is 0 Å². The second kappa shape index (κ2) is 7.25. The van der Waals surface area contributed by atoms with Gasteiger partial charge in [-0.15, -0.1) is 10.2 Å². The van der Waals surface area contributed by atoms with Crippen molar-refractivity contribution in [2.24, 2.45) is 0 Å². The van der Waals surface area contributed by atoms with Crippen molar-refractivity contribution in [1.29, 1.82) is 0 Å². The number of amides is 1. The molecule has 5 nitrogen and oxygen atoms in total. The Kier molecular flexibility index (Phi) is 5.37. The molecule has 0 bridgehead atoms. The summed E-state index contributed by atoms with van der Waals surface area (Å²) in [6, 6.07) is 6.92. The standard InChI is InChI=1S/C13H15N3O2S2/c1-3-8-19-13-16-15-12(20-13)14-11(17)9-4-6-10(18-2)7-5-9/h4-7H,3,8H2,1-2H3,(H,14,15,17). The number of aromatic nitrogens is 2. The largest absolute Gasteiger partial charge is 0.497 e. The van der Waals surface area contributed by atoms with Crippen molar-refractivity contribution in [3.05, 3.63) is 29.8 Å². The van der Waals surface area contributed by atoms with Gasteiger partial charge in [0.1, 0.15) is 5.75 Å². The van der Waals surface area contributed by atoms with Crippen molar-refractivity contribution in [3.8, 4) is 5.75 Å². The van der Waals surface area contributed by atoms with Gasteiger partial charge in [-0.1, -0.05) is 30.0 Å². The highest BCUT2D eigenvalue weighted by Gasteiger charge is 2.10. The molecule has 2 rings (SSSR count). The van der Waals surface area contributed by atoms with E-state index in [0.29, 0.717) is 10.7 Å². The minimum Gasteiger partial charge on any atom is -0.497 e. The van der Waals surface area contributed by atoms with Crippen LogP contribution in [0.1, 0.15) is 23.7 Å². The zero-order valence-corrected chi connectivity index (χ0v) is 12.9. The Morgan fingerprint density at radius 1 is 1.35 bits per heavy atom. The Morgan fingerprint density at radius 2 is 2.10 bits per heavy atom. The molecule has 0 aliphatic rings. The predicted octanol–water partition coefficient (Wildman–Crippen LogP) is 3.30. The molecule has 106 valence electrons. The first kappa shape index (κ1) is 14.8. The third-order valence-corrected chi connectivity index (χ3v) is 4.59. The second-order valence-corrected chi connectivity index (χ2v) is 6.22. The summed E-state index contributed by atoms with van der Waals surface area (Å²) in [6.45, 7) is 2.11. The molecule has 1 N–H and O–H groups in total. The maximum Gasteiger partial charge on any atom is 0.257 e. The number of benzene rings is 1. The monoisotopic (exact) mass is 309 g/mol. The number of anilines is 1. The Balaban J connectivity index is 1.97. The number of methoxy groups -OCH3 is 1. The summed E-state index contributed by atoms with van der Waals surface area (Å²) >= 11 is 3.03. The number of rotatable bonds is 6. The molecule has 0 aliphatic heterocycles. The third-order valence-electron chi connectivity index (χ3n) is 2.41. The van der Waals surface area contributed by atoms with Gasteiger partial charge >= 0.3 is 0 Å². The molecule has 0 saturated carbocycles. The number of nitrogens with zero attached hydrogens (tertiary/aromatic N) is 2. The Hall–Kier alpha value is -1.60. The van der Waals surface area contributed by atoms with Gasteiger partial charge in [-0.3, -0.25) is 10.1 Å². The molecule has 0 radical (unpaired) electrons. The van der Waals surface area contributed by atoms with Gasteiger partial charge in [0.05, 0.1) is 7.11 Å². The fourth-order valence-electron chi connectivity index (χ4n) is 1.42. The molecule has 7 heteroatoms. The van der Waals surface area contributed by atoms with Gasteiger partial charge in [-0.05, 0) is 30.7 Å². The maximum atomic E-state index is 12.0. The topological polar surface area (TPSA) is 64.1 Å². The molecule has 20 heavy (non-hydrogen) atoms. The normalized spacial score (nSPS) is 10.3. The smallest absolute Gasteiger partial charge is 0.257 e. The zero-order valence-electron chi connectivity index (χ0n) is 11.3. The van der Waals surface area contributed by atoms with Crippen LogP contribution in [0.4, 0.5) is 5.13 Å². The number of hydrogen-bond donors (Lipinski definition) is 1. The Labute approximate surface area is 125 Å². The van der Waals surface area contributed by atoms with E-state index in [0.717, 1.165) is 22.3 Å². The van der Waals surface area contributed by atoms with E-state index in [1.54, 1.807) is 43.1 Å². The molecule has 0 aliphatic carbocycles. The molecule has 1 amide bonds. The lowest BCUT2D eigenvalue weighted by Crippen LogP contribution is -2.11. The van der Waals surface area contributed by atoms with Gasteiger partial charge < -0.3 is 4.74 Å². The third kappa shape index (κ3) is 3.94. The molecule has 1 aromatic heterocycles. The average Bonchev–Trinajstić information content (AvgIpc) is 2.92. The molecule has 0 spiro atoms. The van der Waals surface area contributed by atoms with Crippen molar-refractivity contribution in [2.45, 2.75) is 17.7 Å². The van der Waals surface area contributed by atoms with E-state index in [2.05, 4.69) is 22.4 Å². The van der Waals surface area contributed by atoms with Crippen LogP contribution in [0.3, 0.4) is 0 Å². The maximum absolute atomic E-state index is 12.0. The lowest BCUT2D eigenvalue weighted by atomic mass is 10.2. The van der Waals surface area contributed by atoms with Crippen molar-refractivity contribution in [2.75, 3.05) is 18.2 Å². The summed E-state index contributed by atoms with van der Waals surface area (Å²) < 4.78 is 5.93. The van der Waals surface area contributed by atoms with Gasteiger partial charge in [0.2, 0.25) is 5.13 Å². The van der Waals surface area contributed by atoms with Crippen molar-refractivity contribution in [3.63, 3.8) is 0 Å². The number of carbonyl (C=O) groups excluding carboxylic acids is 1. The Morgan fingerprint density at radius 3 is 2.75 bits per heavy atom. The van der Waals surface area contributed by atoms with Gasteiger partial charge in [-0.25, -0.2) is 0 Å². The summed E-state index contributed by atoms with van der Waals surface area (Å²) in [7, 11) is 1.59. The van der Waals surface area contributed by atoms with Crippen LogP contribution in [0.15, 0.2) is 28.6 Å². The van der Waals surface area contributed by atoms with Crippen molar-refractivity contribution < 1.29 is 9.53 Å². The van der Waals surface area contributed by atoms with E-state index in [1.165, 1.54) is 11.3 Å². The molecular weight excluding hydrogens is 294 g/mol. The molecule has 1 aromatic carbocycles. The SMILES string of the molecule is CCCSc1nnc(NC(=O)c2ccc(OC)cc2)s1. The lowest BCUT2D eigenvalue weighted by Gasteiger charge is -2.02. The Bertz CT molecular complexity index is 569. The van der Waals surface area contributed by atoms with E-state index < -0.39 is 0 Å². The minimum atomic E-state index is -0.198. The zero-order chi connectivity index (χ0) is 14.4. The molecule has 2 aromatic rings. The van der Waals surface area contributed by atoms with Crippen molar-refractivity contribution >= 4 is 34.1 Å². The number of ether oxygens (including phenoxy) is 1. The second-order valence-electron chi connectivity index (χ2n) is 3.90. The van der Waals surface area contributed by atoms with Gasteiger partial charge in [-0.2, -0.15) is 0 Å². The van der Waals surface area contributed by atoms with Crippen LogP contribution < -0.4 is 10.1 Å². The molecule has 1 heterocycles. The number of nitrogens with one attached hydrogen (secondary N) is 1. The summed E-state index contributed by atoms with van der Waals surface area (Å²) in [4.78, 5) is 12.0. The molecule has 0 fully saturated rings. The first-order valence-electron chi connectivity index (χ1n) is 6.14. The number of thioether (sulfide) groups is 1. The number of carbonyl (C=O) groups is 1. The summed E-state index contributed by atoms with van der Waals surface area (Å²) in [6.07, 6.45) is 1.08. The summed E-state index contributed by atoms with van der Waals surface area (Å²) in [5, 5.41) is 11.2. The van der Waals surface area contributed by atoms with Crippen LogP contribution in [0, 0.1) is 0 Å². The summed E-state index contributed by atoms with van der Waals surface area (Å²) in [5.74, 6) is 1.52. The van der Waals surface area contributed by atoms with E-state index in [4.69, 9.17) is 4.74 Å². The van der Waals surface area contributed by atoms with Crippen LogP contribution in [-0.4, -0.2) is 29.0 Å². The minimum absolute atomic E-state index is 0.198. The van der Waals surface area contributed by atoms with Gasteiger partial charge in [0.15, 0.2) is 4.34 Å². The van der Waals surface area contributed by atoms with Gasteiger partial charge in [0, 0.05) is 11.3 Å². The predicted molar refractivity (Wildman–Crippen MR) is 81.9 cm³/mol. The lowest BCUT2D eigenvalue weighted by molar-refractivity contribution is 0.102. The highest BCUT2D eigenvalue weighted by Crippen LogP contribution is 2.26. The van der Waals surface area contributed by atoms with E-state index in [9.17, 15) is 4.79 Å². The first-order chi connectivity index (χ1) is 9.72. The van der Waals surface area contributed by atoms with E-state index >= 15 is 0 Å². The number of hydrogen-bond acceptors (Lipinski definition) is 6. The molecule has 0 atom stereocenters. The highest BCUT2D eigenvalue weighted by atomic mass is 32.2. The van der Waals surface area contributed by atoms with E-state index in [-0.39, 0.29) is 5.91 Å². The molecule has 0 unspecified atom stereocenters. The quantitative estimate of drug-likeness (QED) is 0.655. The van der Waals surface area contributed by atoms with Crippen LogP contribution in [0.5, 0.6) is 5.75 Å². The highest BCUT2D eigenvalue weighted by molar-refractivity contribution is 8.01. The van der Waals surface area contributed by atoms with Crippen LogP contribution in [-0.2, 0) is 0 Å². The van der Waals surface area contributed by atoms with Crippen LogP contribution >= 0.6 is 23.1 Å². The van der Waals surface area contributed by atoms with E-state index in [1.807, 2.05) is 0 Å². The first-order valence-corrected chi connectivity index (χ1v) is 7.95. The fourth-order valence-corrected chi connectivity index (χ4v) is 3.09. The average molecular weight is 309 g/mol. The van der Waals surface area contributed by atoms with Crippen LogP contribution in [0.25, 0.3) is 0 Å². The fraction of sp³-hybridized carbons (Fsp3) is 0.308. The van der Waals surface area contributed by atoms with Crippen molar-refractivity contribution in [1.82, 2.24) is 10.2 Å². The van der Waals surface area contributed by atoms with Gasteiger partial charge in [0.25, 0.3) is 5.91 Å². The summed E-state index contributed by atoms with van der Waals surface area (Å²) in [5.41, 5.74) is 0.559. The molecule has 0 saturated heterocycles. The molecular formula is C13H15N3O2S2.